The number of carbonyl (C=O) groups is 1. The Morgan fingerprint density at radius 2 is 1.55 bits per heavy atom. The van der Waals surface area contributed by atoms with Crippen molar-refractivity contribution in [2.24, 2.45) is 0 Å². The maximum absolute atomic E-state index is 12.5. The van der Waals surface area contributed by atoms with Crippen LogP contribution in [0.5, 0.6) is 0 Å². The van der Waals surface area contributed by atoms with Gasteiger partial charge in [-0.3, -0.25) is 9.10 Å². The lowest BCUT2D eigenvalue weighted by Crippen LogP contribution is -2.29. The van der Waals surface area contributed by atoms with Crippen molar-refractivity contribution in [1.29, 1.82) is 0 Å². The van der Waals surface area contributed by atoms with Crippen molar-refractivity contribution in [1.82, 2.24) is 0 Å². The van der Waals surface area contributed by atoms with E-state index >= 15 is 0 Å². The number of amides is 1. The molecule has 0 saturated heterocycles. The van der Waals surface area contributed by atoms with E-state index in [2.05, 4.69) is 5.32 Å². The van der Waals surface area contributed by atoms with Gasteiger partial charge in [-0.15, -0.1) is 0 Å². The fraction of sp³-hybridized carbons (Fsp3) is 0.174. The van der Waals surface area contributed by atoms with Crippen molar-refractivity contribution in [2.45, 2.75) is 20.4 Å². The van der Waals surface area contributed by atoms with E-state index in [-0.39, 0.29) is 12.5 Å². The van der Waals surface area contributed by atoms with Crippen LogP contribution >= 0.6 is 0 Å². The molecule has 1 N–H and O–H groups in total. The summed E-state index contributed by atoms with van der Waals surface area (Å²) in [6.07, 6.45) is 1.18. The van der Waals surface area contributed by atoms with Crippen LogP contribution in [0.25, 0.3) is 0 Å². The van der Waals surface area contributed by atoms with E-state index in [1.54, 1.807) is 24.3 Å². The molecule has 0 unspecified atom stereocenters. The van der Waals surface area contributed by atoms with E-state index in [4.69, 9.17) is 0 Å². The molecule has 0 atom stereocenters. The molecule has 0 aliphatic carbocycles. The summed E-state index contributed by atoms with van der Waals surface area (Å²) in [5.41, 5.74) is 4.75. The molecule has 0 aromatic heterocycles. The van der Waals surface area contributed by atoms with E-state index in [0.717, 1.165) is 22.4 Å². The Labute approximate surface area is 172 Å². The van der Waals surface area contributed by atoms with E-state index in [0.29, 0.717) is 11.3 Å². The van der Waals surface area contributed by atoms with Crippen LogP contribution in [0.3, 0.4) is 0 Å². The van der Waals surface area contributed by atoms with Crippen molar-refractivity contribution >= 4 is 27.3 Å². The molecule has 3 aromatic carbocycles. The van der Waals surface area contributed by atoms with Crippen LogP contribution in [0.4, 0.5) is 11.4 Å². The zero-order valence-electron chi connectivity index (χ0n) is 16.7. The molecule has 0 aliphatic rings. The van der Waals surface area contributed by atoms with Gasteiger partial charge in [0.05, 0.1) is 18.5 Å². The third kappa shape index (κ3) is 5.45. The Kier molecular flexibility index (Phi) is 6.03. The van der Waals surface area contributed by atoms with Crippen LogP contribution in [0, 0.1) is 13.8 Å². The molecule has 0 bridgehead atoms. The number of hydrogen-bond donors (Lipinski definition) is 1. The van der Waals surface area contributed by atoms with Gasteiger partial charge in [0.15, 0.2) is 0 Å². The first-order chi connectivity index (χ1) is 13.7. The van der Waals surface area contributed by atoms with E-state index in [1.165, 1.54) is 10.6 Å². The molecule has 0 fully saturated rings. The molecule has 3 rings (SSSR count). The summed E-state index contributed by atoms with van der Waals surface area (Å²) in [6.45, 7) is 4.17. The Balaban J connectivity index is 1.80. The quantitative estimate of drug-likeness (QED) is 0.652. The van der Waals surface area contributed by atoms with Crippen molar-refractivity contribution in [3.8, 4) is 0 Å². The second-order valence-electron chi connectivity index (χ2n) is 7.13. The van der Waals surface area contributed by atoms with E-state index < -0.39 is 10.0 Å². The number of nitrogens with one attached hydrogen (secondary N) is 1. The minimum absolute atomic E-state index is 0.230. The van der Waals surface area contributed by atoms with Crippen LogP contribution in [0.15, 0.2) is 72.8 Å². The van der Waals surface area contributed by atoms with Gasteiger partial charge < -0.3 is 5.32 Å². The highest BCUT2D eigenvalue weighted by Crippen LogP contribution is 2.22. The monoisotopic (exact) mass is 408 g/mol. The van der Waals surface area contributed by atoms with Gasteiger partial charge in [-0.2, -0.15) is 0 Å². The summed E-state index contributed by atoms with van der Waals surface area (Å²) in [4.78, 5) is 12.5. The molecule has 6 heteroatoms. The molecule has 29 heavy (non-hydrogen) atoms. The minimum atomic E-state index is -3.48. The highest BCUT2D eigenvalue weighted by atomic mass is 32.2. The van der Waals surface area contributed by atoms with Gasteiger partial charge in [-0.1, -0.05) is 42.0 Å². The Bertz CT molecular complexity index is 1110. The SMILES string of the molecule is Cc1ccc(CN(c2ccc(C(=O)Nc3cccc(C)c3)cc2)S(C)(=O)=O)cc1. The van der Waals surface area contributed by atoms with Crippen molar-refractivity contribution in [3.63, 3.8) is 0 Å². The highest BCUT2D eigenvalue weighted by molar-refractivity contribution is 7.92. The average molecular weight is 409 g/mol. The molecular weight excluding hydrogens is 384 g/mol. The van der Waals surface area contributed by atoms with E-state index in [9.17, 15) is 13.2 Å². The number of hydrogen-bond acceptors (Lipinski definition) is 3. The summed E-state index contributed by atoms with van der Waals surface area (Å²) < 4.78 is 26.0. The number of nitrogens with zero attached hydrogens (tertiary/aromatic N) is 1. The average Bonchev–Trinajstić information content (AvgIpc) is 2.67. The fourth-order valence-electron chi connectivity index (χ4n) is 2.96. The number of anilines is 2. The van der Waals surface area contributed by atoms with Gasteiger partial charge in [-0.05, 0) is 61.4 Å². The lowest BCUT2D eigenvalue weighted by molar-refractivity contribution is 0.102. The summed E-state index contributed by atoms with van der Waals surface area (Å²) >= 11 is 0. The third-order valence-corrected chi connectivity index (χ3v) is 5.68. The first-order valence-corrected chi connectivity index (χ1v) is 11.1. The molecule has 5 nitrogen and oxygen atoms in total. The van der Waals surface area contributed by atoms with Crippen LogP contribution < -0.4 is 9.62 Å². The van der Waals surface area contributed by atoms with Crippen LogP contribution in [-0.2, 0) is 16.6 Å². The van der Waals surface area contributed by atoms with Crippen molar-refractivity contribution in [2.75, 3.05) is 15.9 Å². The Morgan fingerprint density at radius 3 is 2.14 bits per heavy atom. The summed E-state index contributed by atoms with van der Waals surface area (Å²) in [6, 6.07) is 21.9. The molecule has 0 heterocycles. The van der Waals surface area contributed by atoms with Crippen LogP contribution in [0.1, 0.15) is 27.0 Å². The number of sulfonamides is 1. The Hall–Kier alpha value is -3.12. The van der Waals surface area contributed by atoms with Gasteiger partial charge >= 0.3 is 0 Å². The molecule has 1 amide bonds. The number of carbonyl (C=O) groups excluding carboxylic acids is 1. The van der Waals surface area contributed by atoms with Crippen molar-refractivity contribution < 1.29 is 13.2 Å². The normalized spacial score (nSPS) is 11.1. The Morgan fingerprint density at radius 1 is 0.897 bits per heavy atom. The van der Waals surface area contributed by atoms with Gasteiger partial charge in [0.2, 0.25) is 10.0 Å². The molecule has 0 radical (unpaired) electrons. The van der Waals surface area contributed by atoms with Crippen LogP contribution in [0.2, 0.25) is 0 Å². The molecule has 0 spiro atoms. The topological polar surface area (TPSA) is 66.5 Å². The van der Waals surface area contributed by atoms with Gasteiger partial charge in [0.1, 0.15) is 0 Å². The first-order valence-electron chi connectivity index (χ1n) is 9.24. The predicted octanol–water partition coefficient (Wildman–Crippen LogP) is 4.52. The number of aryl methyl sites for hydroxylation is 2. The second-order valence-corrected chi connectivity index (χ2v) is 9.03. The zero-order chi connectivity index (χ0) is 21.0. The summed E-state index contributed by atoms with van der Waals surface area (Å²) in [5.74, 6) is -0.244. The zero-order valence-corrected chi connectivity index (χ0v) is 17.5. The predicted molar refractivity (Wildman–Crippen MR) is 118 cm³/mol. The maximum Gasteiger partial charge on any atom is 0.255 e. The molecule has 0 aliphatic heterocycles. The molecule has 3 aromatic rings. The number of benzene rings is 3. The fourth-order valence-corrected chi connectivity index (χ4v) is 3.85. The minimum Gasteiger partial charge on any atom is -0.322 e. The largest absolute Gasteiger partial charge is 0.322 e. The van der Waals surface area contributed by atoms with Gasteiger partial charge in [0.25, 0.3) is 5.91 Å². The van der Waals surface area contributed by atoms with Crippen molar-refractivity contribution in [3.05, 3.63) is 95.1 Å². The molecular formula is C23H24N2O3S. The van der Waals surface area contributed by atoms with Crippen LogP contribution in [-0.4, -0.2) is 20.6 Å². The van der Waals surface area contributed by atoms with Gasteiger partial charge in [-0.25, -0.2) is 8.42 Å². The summed E-state index contributed by atoms with van der Waals surface area (Å²) in [5, 5.41) is 2.85. The second kappa shape index (κ2) is 8.49. The van der Waals surface area contributed by atoms with E-state index in [1.807, 2.05) is 62.4 Å². The smallest absolute Gasteiger partial charge is 0.255 e. The molecule has 0 saturated carbocycles. The lowest BCUT2D eigenvalue weighted by Gasteiger charge is -2.23. The third-order valence-electron chi connectivity index (χ3n) is 4.54. The highest BCUT2D eigenvalue weighted by Gasteiger charge is 2.18. The van der Waals surface area contributed by atoms with Gasteiger partial charge in [0, 0.05) is 11.3 Å². The lowest BCUT2D eigenvalue weighted by atomic mass is 10.1. The first kappa shape index (κ1) is 20.6. The number of rotatable bonds is 6. The molecule has 150 valence electrons. The summed E-state index contributed by atoms with van der Waals surface area (Å²) in [7, 11) is -3.48. The maximum atomic E-state index is 12.5. The standard InChI is InChI=1S/C23H24N2O3S/c1-17-7-9-19(10-8-17)16-25(29(3,27)28)22-13-11-20(12-14-22)23(26)24-21-6-4-5-18(2)15-21/h4-15H,16H2,1-3H3,(H,24,26).